The van der Waals surface area contributed by atoms with Crippen LogP contribution >= 0.6 is 0 Å². The molecule has 2 bridgehead atoms. The molecule has 2 saturated carbocycles. The van der Waals surface area contributed by atoms with Crippen LogP contribution in [0.5, 0.6) is 0 Å². The Kier molecular flexibility index (Phi) is 4.42. The first-order valence-corrected chi connectivity index (χ1v) is 8.13. The van der Waals surface area contributed by atoms with Crippen LogP contribution in [0.1, 0.15) is 40.0 Å². The molecule has 0 radical (unpaired) electrons. The zero-order valence-corrected chi connectivity index (χ0v) is 14.6. The third kappa shape index (κ3) is 2.98. The van der Waals surface area contributed by atoms with Gasteiger partial charge < -0.3 is 14.0 Å². The lowest BCUT2D eigenvalue weighted by atomic mass is 9.70. The number of quaternary nitrogens is 1. The summed E-state index contributed by atoms with van der Waals surface area (Å²) in [7, 11) is 5.54. The van der Waals surface area contributed by atoms with Crippen molar-refractivity contribution in [3.8, 4) is 0 Å². The van der Waals surface area contributed by atoms with E-state index in [1.165, 1.54) is 26.4 Å². The second kappa shape index (κ2) is 5.54. The largest absolute Gasteiger partial charge is 0.465 e. The molecular weight excluding hydrogens is 266 g/mol. The van der Waals surface area contributed by atoms with Crippen molar-refractivity contribution in [3.63, 3.8) is 0 Å². The number of hydrogen-bond acceptors (Lipinski definition) is 3. The molecule has 2 fully saturated rings. The van der Waals surface area contributed by atoms with E-state index in [1.807, 2.05) is 14.1 Å². The van der Waals surface area contributed by atoms with E-state index in [4.69, 9.17) is 9.47 Å². The highest BCUT2D eigenvalue weighted by Crippen LogP contribution is 2.66. The monoisotopic (exact) mass is 298 g/mol. The van der Waals surface area contributed by atoms with Crippen LogP contribution in [0.2, 0.25) is 0 Å². The van der Waals surface area contributed by atoms with Crippen molar-refractivity contribution in [2.45, 2.75) is 46.1 Å². The molecular formula is C17H32NO3+. The topological polar surface area (TPSA) is 35.5 Å². The molecule has 0 spiro atoms. The number of ether oxygens (including phenoxy) is 2. The summed E-state index contributed by atoms with van der Waals surface area (Å²) in [5.41, 5.74) is 0.714. The van der Waals surface area contributed by atoms with E-state index in [-0.39, 0.29) is 5.97 Å². The van der Waals surface area contributed by atoms with E-state index in [9.17, 15) is 4.79 Å². The smallest absolute Gasteiger partial charge is 0.361 e. The Morgan fingerprint density at radius 2 is 1.95 bits per heavy atom. The molecule has 0 aromatic rings. The van der Waals surface area contributed by atoms with Gasteiger partial charge in [-0.15, -0.1) is 0 Å². The van der Waals surface area contributed by atoms with Crippen LogP contribution < -0.4 is 0 Å². The van der Waals surface area contributed by atoms with Gasteiger partial charge in [-0.2, -0.15) is 0 Å². The summed E-state index contributed by atoms with van der Waals surface area (Å²) in [6.45, 7) is 9.17. The normalized spacial score (nSPS) is 34.2. The zero-order chi connectivity index (χ0) is 15.9. The van der Waals surface area contributed by atoms with Crippen LogP contribution in [0.15, 0.2) is 0 Å². The molecule has 122 valence electrons. The van der Waals surface area contributed by atoms with Crippen LogP contribution in [0, 0.1) is 16.7 Å². The summed E-state index contributed by atoms with van der Waals surface area (Å²) in [6.07, 6.45) is 4.22. The van der Waals surface area contributed by atoms with Gasteiger partial charge in [0.1, 0.15) is 6.54 Å². The predicted octanol–water partition coefficient (Wildman–Crippen LogP) is 2.47. The summed E-state index contributed by atoms with van der Waals surface area (Å²) in [6, 6.07) is 0. The van der Waals surface area contributed by atoms with Crippen molar-refractivity contribution >= 4 is 5.97 Å². The Hall–Kier alpha value is -0.610. The molecule has 0 N–H and O–H groups in total. The molecule has 0 aromatic heterocycles. The molecule has 2 aliphatic rings. The Balaban J connectivity index is 1.84. The maximum absolute atomic E-state index is 11.4. The number of nitrogens with zero attached hydrogens (tertiary/aromatic N) is 1. The standard InChI is InChI=1S/C17H32NO3/c1-16(2)13-7-8-17(16,3)14(11-13)21-10-9-18(4,5)12-15(19)20-6/h13-14H,7-12H2,1-6H3/q+1/t13-,14+,17-/m1/s1. The van der Waals surface area contributed by atoms with E-state index in [1.54, 1.807) is 0 Å². The van der Waals surface area contributed by atoms with Gasteiger partial charge in [0.2, 0.25) is 0 Å². The van der Waals surface area contributed by atoms with Gasteiger partial charge >= 0.3 is 5.97 Å². The Bertz CT molecular complexity index is 405. The predicted molar refractivity (Wildman–Crippen MR) is 82.8 cm³/mol. The molecule has 4 nitrogen and oxygen atoms in total. The number of methoxy groups -OCH3 is 1. The van der Waals surface area contributed by atoms with E-state index >= 15 is 0 Å². The molecule has 0 aromatic carbocycles. The van der Waals surface area contributed by atoms with Gasteiger partial charge in [-0.3, -0.25) is 0 Å². The fourth-order valence-electron chi connectivity index (χ4n) is 4.32. The maximum atomic E-state index is 11.4. The Morgan fingerprint density at radius 3 is 2.43 bits per heavy atom. The number of hydrogen-bond donors (Lipinski definition) is 0. The molecule has 4 heteroatoms. The van der Waals surface area contributed by atoms with Gasteiger partial charge in [-0.05, 0) is 36.0 Å². The number of carbonyl (C=O) groups is 1. The highest BCUT2D eigenvalue weighted by atomic mass is 16.5. The van der Waals surface area contributed by atoms with Crippen LogP contribution in [0.3, 0.4) is 0 Å². The number of rotatable bonds is 6. The fourth-order valence-corrected chi connectivity index (χ4v) is 4.32. The van der Waals surface area contributed by atoms with Crippen molar-refractivity contribution in [2.75, 3.05) is 40.9 Å². The number of esters is 1. The molecule has 0 saturated heterocycles. The summed E-state index contributed by atoms with van der Waals surface area (Å²) >= 11 is 0. The molecule has 2 rings (SSSR count). The van der Waals surface area contributed by atoms with Crippen LogP contribution in [0.25, 0.3) is 0 Å². The van der Waals surface area contributed by atoms with Crippen molar-refractivity contribution in [2.24, 2.45) is 16.7 Å². The second-order valence-electron chi connectivity index (χ2n) is 8.36. The first kappa shape index (κ1) is 16.8. The lowest BCUT2D eigenvalue weighted by Gasteiger charge is -2.39. The van der Waals surface area contributed by atoms with Gasteiger partial charge in [0.15, 0.2) is 6.54 Å². The number of fused-ring (bicyclic) bond motifs is 2. The number of likely N-dealkylation sites (N-methyl/N-ethyl adjacent to an activating group) is 1. The van der Waals surface area contributed by atoms with E-state index in [0.717, 1.165) is 12.5 Å². The third-order valence-electron chi connectivity index (χ3n) is 6.51. The number of carbonyl (C=O) groups excluding carboxylic acids is 1. The molecule has 3 atom stereocenters. The van der Waals surface area contributed by atoms with E-state index < -0.39 is 0 Å². The summed E-state index contributed by atoms with van der Waals surface area (Å²) in [5.74, 6) is 0.651. The van der Waals surface area contributed by atoms with Gasteiger partial charge in [-0.25, -0.2) is 4.79 Å². The quantitative estimate of drug-likeness (QED) is 0.558. The first-order chi connectivity index (χ1) is 9.62. The zero-order valence-electron chi connectivity index (χ0n) is 14.6. The minimum atomic E-state index is -0.159. The van der Waals surface area contributed by atoms with Crippen molar-refractivity contribution < 1.29 is 18.8 Å². The summed E-state index contributed by atoms with van der Waals surface area (Å²) in [4.78, 5) is 11.4. The van der Waals surface area contributed by atoms with Gasteiger partial charge in [-0.1, -0.05) is 20.8 Å². The SMILES string of the molecule is COC(=O)C[N+](C)(C)CCO[C@H]1C[C@H]2CC[C@@]1(C)C2(C)C. The van der Waals surface area contributed by atoms with Gasteiger partial charge in [0.05, 0.1) is 33.9 Å². The van der Waals surface area contributed by atoms with Crippen LogP contribution in [-0.4, -0.2) is 57.5 Å². The highest BCUT2D eigenvalue weighted by Gasteiger charge is 2.61. The maximum Gasteiger partial charge on any atom is 0.361 e. The first-order valence-electron chi connectivity index (χ1n) is 8.13. The Labute approximate surface area is 129 Å². The minimum Gasteiger partial charge on any atom is -0.465 e. The second-order valence-corrected chi connectivity index (χ2v) is 8.36. The van der Waals surface area contributed by atoms with Crippen LogP contribution in [0.4, 0.5) is 0 Å². The van der Waals surface area contributed by atoms with Crippen molar-refractivity contribution in [1.82, 2.24) is 0 Å². The molecule has 21 heavy (non-hydrogen) atoms. The van der Waals surface area contributed by atoms with E-state index in [2.05, 4.69) is 20.8 Å². The lowest BCUT2D eigenvalue weighted by Crippen LogP contribution is -2.47. The minimum absolute atomic E-state index is 0.159. The fraction of sp³-hybridized carbons (Fsp3) is 0.941. The third-order valence-corrected chi connectivity index (χ3v) is 6.51. The molecule has 0 unspecified atom stereocenters. The summed E-state index contributed by atoms with van der Waals surface area (Å²) in [5, 5.41) is 0. The molecule has 0 aliphatic heterocycles. The van der Waals surface area contributed by atoms with Crippen LogP contribution in [-0.2, 0) is 14.3 Å². The lowest BCUT2D eigenvalue weighted by molar-refractivity contribution is -0.883. The van der Waals surface area contributed by atoms with Gasteiger partial charge in [0, 0.05) is 0 Å². The van der Waals surface area contributed by atoms with Crippen molar-refractivity contribution in [3.05, 3.63) is 0 Å². The van der Waals surface area contributed by atoms with E-state index in [0.29, 0.717) is 34.6 Å². The Morgan fingerprint density at radius 1 is 1.29 bits per heavy atom. The summed E-state index contributed by atoms with van der Waals surface area (Å²) < 4.78 is 11.6. The average molecular weight is 298 g/mol. The molecule has 2 aliphatic carbocycles. The molecule has 0 heterocycles. The van der Waals surface area contributed by atoms with Crippen molar-refractivity contribution in [1.29, 1.82) is 0 Å². The highest BCUT2D eigenvalue weighted by molar-refractivity contribution is 5.70. The van der Waals surface area contributed by atoms with Gasteiger partial charge in [0.25, 0.3) is 0 Å². The molecule has 0 amide bonds. The average Bonchev–Trinajstić information content (AvgIpc) is 2.71.